The van der Waals surface area contributed by atoms with Crippen molar-refractivity contribution in [3.8, 4) is 11.1 Å². The molecule has 0 aliphatic heterocycles. The summed E-state index contributed by atoms with van der Waals surface area (Å²) in [7, 11) is 0. The second-order valence-electron chi connectivity index (χ2n) is 7.42. The number of aryl methyl sites for hydroxylation is 1. The van der Waals surface area contributed by atoms with E-state index in [-0.39, 0.29) is 12.4 Å². The third-order valence-corrected chi connectivity index (χ3v) is 5.36. The standard InChI is InChI=1S/C22H21N5O2/c1-14-8-21(25-27(14)6-7-28)24-20-12-18(13-26-5-4-23-22(20)26)15-2-3-16-10-19(29)11-17(16)9-15/h2-5,8-9,12-13,28H,6-7,10-11H2,1H3,(H,24,25). The van der Waals surface area contributed by atoms with Crippen LogP contribution >= 0.6 is 0 Å². The van der Waals surface area contributed by atoms with Crippen molar-refractivity contribution in [2.24, 2.45) is 0 Å². The fraction of sp³-hybridized carbons (Fsp3) is 0.227. The number of nitrogens with zero attached hydrogens (tertiary/aromatic N) is 4. The highest BCUT2D eigenvalue weighted by molar-refractivity contribution is 5.89. The number of aliphatic hydroxyl groups is 1. The Morgan fingerprint density at radius 1 is 1.14 bits per heavy atom. The van der Waals surface area contributed by atoms with E-state index in [1.165, 1.54) is 0 Å². The maximum Gasteiger partial charge on any atom is 0.160 e. The zero-order valence-corrected chi connectivity index (χ0v) is 16.1. The number of carbonyl (C=O) groups excluding carboxylic acids is 1. The highest BCUT2D eigenvalue weighted by Gasteiger charge is 2.19. The zero-order valence-electron chi connectivity index (χ0n) is 16.1. The number of carbonyl (C=O) groups is 1. The van der Waals surface area contributed by atoms with E-state index < -0.39 is 0 Å². The van der Waals surface area contributed by atoms with Crippen LogP contribution in [0.15, 0.2) is 48.9 Å². The van der Waals surface area contributed by atoms with Gasteiger partial charge in [0.15, 0.2) is 11.5 Å². The van der Waals surface area contributed by atoms with E-state index in [9.17, 15) is 9.90 Å². The number of hydrogen-bond donors (Lipinski definition) is 2. The number of rotatable bonds is 5. The lowest BCUT2D eigenvalue weighted by molar-refractivity contribution is -0.117. The summed E-state index contributed by atoms with van der Waals surface area (Å²) in [5.74, 6) is 0.982. The number of imidazole rings is 1. The molecule has 2 N–H and O–H groups in total. The molecule has 146 valence electrons. The van der Waals surface area contributed by atoms with Crippen LogP contribution in [0.2, 0.25) is 0 Å². The first kappa shape index (κ1) is 17.6. The van der Waals surface area contributed by atoms with E-state index >= 15 is 0 Å². The first-order chi connectivity index (χ1) is 14.1. The molecule has 0 atom stereocenters. The van der Waals surface area contributed by atoms with Gasteiger partial charge in [0.05, 0.1) is 18.8 Å². The van der Waals surface area contributed by atoms with Gasteiger partial charge in [-0.15, -0.1) is 0 Å². The van der Waals surface area contributed by atoms with Gasteiger partial charge in [0.1, 0.15) is 5.78 Å². The Kier molecular flexibility index (Phi) is 4.17. The van der Waals surface area contributed by atoms with Crippen LogP contribution in [0.3, 0.4) is 0 Å². The Morgan fingerprint density at radius 2 is 2.00 bits per heavy atom. The lowest BCUT2D eigenvalue weighted by Gasteiger charge is -2.11. The van der Waals surface area contributed by atoms with Gasteiger partial charge < -0.3 is 14.8 Å². The van der Waals surface area contributed by atoms with Crippen LogP contribution in [0, 0.1) is 6.92 Å². The molecule has 0 bridgehead atoms. The normalized spacial score (nSPS) is 13.2. The van der Waals surface area contributed by atoms with Crippen molar-refractivity contribution in [1.29, 1.82) is 0 Å². The van der Waals surface area contributed by atoms with Crippen LogP contribution in [-0.2, 0) is 24.2 Å². The minimum absolute atomic E-state index is 0.0444. The third kappa shape index (κ3) is 3.19. The average Bonchev–Trinajstić information content (AvgIpc) is 3.39. The van der Waals surface area contributed by atoms with Gasteiger partial charge in [0.25, 0.3) is 0 Å². The fourth-order valence-electron chi connectivity index (χ4n) is 3.94. The van der Waals surface area contributed by atoms with Crippen molar-refractivity contribution in [3.05, 3.63) is 65.7 Å². The van der Waals surface area contributed by atoms with Gasteiger partial charge in [-0.25, -0.2) is 4.98 Å². The summed E-state index contributed by atoms with van der Waals surface area (Å²) in [6.07, 6.45) is 6.78. The minimum Gasteiger partial charge on any atom is -0.394 e. The van der Waals surface area contributed by atoms with E-state index in [0.717, 1.165) is 39.3 Å². The van der Waals surface area contributed by atoms with Crippen molar-refractivity contribution >= 4 is 22.9 Å². The van der Waals surface area contributed by atoms with Crippen LogP contribution in [-0.4, -0.2) is 36.7 Å². The number of benzene rings is 1. The maximum atomic E-state index is 11.8. The summed E-state index contributed by atoms with van der Waals surface area (Å²) < 4.78 is 3.75. The van der Waals surface area contributed by atoms with Crippen molar-refractivity contribution in [3.63, 3.8) is 0 Å². The Morgan fingerprint density at radius 3 is 2.86 bits per heavy atom. The Bertz CT molecular complexity index is 1240. The van der Waals surface area contributed by atoms with Gasteiger partial charge in [-0.2, -0.15) is 5.10 Å². The SMILES string of the molecule is Cc1cc(Nc2cc(-c3ccc4c(c3)CC(=O)C4)cn3ccnc23)nn1CCO. The molecule has 0 spiro atoms. The maximum absolute atomic E-state index is 11.8. The number of hydrogen-bond acceptors (Lipinski definition) is 5. The first-order valence-electron chi connectivity index (χ1n) is 9.63. The second-order valence-corrected chi connectivity index (χ2v) is 7.42. The molecule has 1 aromatic carbocycles. The molecule has 0 radical (unpaired) electrons. The van der Waals surface area contributed by atoms with Gasteiger partial charge in [0.2, 0.25) is 0 Å². The summed E-state index contributed by atoms with van der Waals surface area (Å²) in [5.41, 5.74) is 6.97. The molecule has 0 saturated heterocycles. The highest BCUT2D eigenvalue weighted by atomic mass is 16.3. The molecule has 5 rings (SSSR count). The molecule has 4 aromatic rings. The van der Waals surface area contributed by atoms with Crippen LogP contribution in [0.25, 0.3) is 16.8 Å². The van der Waals surface area contributed by atoms with Crippen molar-refractivity contribution in [2.45, 2.75) is 26.3 Å². The van der Waals surface area contributed by atoms with Gasteiger partial charge in [0, 0.05) is 48.8 Å². The minimum atomic E-state index is 0.0444. The summed E-state index contributed by atoms with van der Waals surface area (Å²) in [6.45, 7) is 2.46. The predicted octanol–water partition coefficient (Wildman–Crippen LogP) is 2.91. The number of aliphatic hydroxyl groups excluding tert-OH is 1. The molecule has 7 heteroatoms. The van der Waals surface area contributed by atoms with E-state index in [4.69, 9.17) is 0 Å². The molecular formula is C22H21N5O2. The van der Waals surface area contributed by atoms with Crippen molar-refractivity contribution in [1.82, 2.24) is 19.2 Å². The summed E-state index contributed by atoms with van der Waals surface area (Å²) in [4.78, 5) is 16.2. The monoisotopic (exact) mass is 387 g/mol. The largest absolute Gasteiger partial charge is 0.394 e. The number of fused-ring (bicyclic) bond motifs is 2. The number of ketones is 1. The summed E-state index contributed by atoms with van der Waals surface area (Å²) >= 11 is 0. The fourth-order valence-corrected chi connectivity index (χ4v) is 3.94. The smallest absolute Gasteiger partial charge is 0.160 e. The molecule has 29 heavy (non-hydrogen) atoms. The van der Waals surface area contributed by atoms with Crippen molar-refractivity contribution < 1.29 is 9.90 Å². The summed E-state index contributed by atoms with van der Waals surface area (Å²) in [5, 5.41) is 17.1. The number of anilines is 2. The van der Waals surface area contributed by atoms with Crippen LogP contribution in [0.5, 0.6) is 0 Å². The third-order valence-electron chi connectivity index (χ3n) is 5.36. The molecule has 1 aliphatic carbocycles. The lowest BCUT2D eigenvalue weighted by atomic mass is 10.0. The van der Waals surface area contributed by atoms with Crippen molar-refractivity contribution in [2.75, 3.05) is 11.9 Å². The molecule has 0 amide bonds. The van der Waals surface area contributed by atoms with E-state index in [1.807, 2.05) is 29.8 Å². The Hall–Kier alpha value is -3.45. The average molecular weight is 387 g/mol. The van der Waals surface area contributed by atoms with Crippen LogP contribution in [0.4, 0.5) is 11.5 Å². The Balaban J connectivity index is 1.55. The van der Waals surface area contributed by atoms with Gasteiger partial charge >= 0.3 is 0 Å². The molecule has 0 fully saturated rings. The number of pyridine rings is 1. The van der Waals surface area contributed by atoms with Gasteiger partial charge in [-0.3, -0.25) is 9.48 Å². The number of Topliss-reactive ketones (excluding diaryl/α,β-unsaturated/α-hetero) is 1. The number of aromatic nitrogens is 4. The van der Waals surface area contributed by atoms with E-state index in [1.54, 1.807) is 10.9 Å². The lowest BCUT2D eigenvalue weighted by Crippen LogP contribution is -2.06. The summed E-state index contributed by atoms with van der Waals surface area (Å²) in [6, 6.07) is 10.2. The molecule has 0 unspecified atom stereocenters. The predicted molar refractivity (Wildman–Crippen MR) is 110 cm³/mol. The second kappa shape index (κ2) is 6.86. The molecule has 3 heterocycles. The molecule has 0 saturated carbocycles. The molecule has 1 aliphatic rings. The topological polar surface area (TPSA) is 84.5 Å². The Labute approximate surface area is 167 Å². The number of nitrogens with one attached hydrogen (secondary N) is 1. The first-order valence-corrected chi connectivity index (χ1v) is 9.63. The molecule has 7 nitrogen and oxygen atoms in total. The van der Waals surface area contributed by atoms with Crippen LogP contribution in [0.1, 0.15) is 16.8 Å². The van der Waals surface area contributed by atoms with E-state index in [0.29, 0.717) is 25.2 Å². The molecular weight excluding hydrogens is 366 g/mol. The molecule has 3 aromatic heterocycles. The quantitative estimate of drug-likeness (QED) is 0.550. The van der Waals surface area contributed by atoms with Gasteiger partial charge in [-0.05, 0) is 29.7 Å². The van der Waals surface area contributed by atoms with E-state index in [2.05, 4.69) is 39.7 Å². The zero-order chi connectivity index (χ0) is 20.0. The van der Waals surface area contributed by atoms with Gasteiger partial charge in [-0.1, -0.05) is 18.2 Å². The highest BCUT2D eigenvalue weighted by Crippen LogP contribution is 2.31. The van der Waals surface area contributed by atoms with Crippen LogP contribution < -0.4 is 5.32 Å².